The van der Waals surface area contributed by atoms with Gasteiger partial charge < -0.3 is 33.9 Å². The van der Waals surface area contributed by atoms with Gasteiger partial charge in [0.2, 0.25) is 11.8 Å². The van der Waals surface area contributed by atoms with Crippen molar-refractivity contribution in [2.45, 2.75) is 52.4 Å². The van der Waals surface area contributed by atoms with Crippen LogP contribution in [0.25, 0.3) is 0 Å². The molecule has 3 amide bonds. The maximum absolute atomic E-state index is 13.4. The Labute approximate surface area is 251 Å². The van der Waals surface area contributed by atoms with Gasteiger partial charge in [0.05, 0.1) is 44.0 Å². The highest BCUT2D eigenvalue weighted by molar-refractivity contribution is 5.97. The number of likely N-dealkylation sites (N-methyl/N-ethyl adjacent to an activating group) is 1. The molecule has 4 bridgehead atoms. The summed E-state index contributed by atoms with van der Waals surface area (Å²) in [6.45, 7) is 7.21. The molecule has 3 aromatic rings. The number of hydrogen-bond donors (Lipinski definition) is 1. The highest BCUT2D eigenvalue weighted by Gasteiger charge is 2.34. The second-order valence-electron chi connectivity index (χ2n) is 11.6. The van der Waals surface area contributed by atoms with Crippen LogP contribution < -0.4 is 14.8 Å². The fraction of sp³-hybridized carbons (Fsp3) is 0.438. The third-order valence-corrected chi connectivity index (χ3v) is 7.30. The van der Waals surface area contributed by atoms with E-state index in [0.717, 1.165) is 5.56 Å². The minimum Gasteiger partial charge on any atom is -0.493 e. The molecule has 2 aromatic carbocycles. The molecule has 0 spiro atoms. The first-order valence-electron chi connectivity index (χ1n) is 14.5. The van der Waals surface area contributed by atoms with E-state index in [1.165, 1.54) is 4.90 Å². The van der Waals surface area contributed by atoms with E-state index in [2.05, 4.69) is 10.5 Å². The molecule has 1 saturated heterocycles. The Morgan fingerprint density at radius 2 is 1.98 bits per heavy atom. The summed E-state index contributed by atoms with van der Waals surface area (Å²) in [7, 11) is 1.58. The van der Waals surface area contributed by atoms with Crippen LogP contribution in [0.2, 0.25) is 0 Å². The molecular weight excluding hydrogens is 552 g/mol. The standard InChI is InChI=1S/C32H38N4O7/c1-20(2)18-40-25-12-23-13-26(14-25)42-24-7-5-6-22(11-24)19-41-29-16-36(31(38)15-27-10-21(3)34-43-27)9-8-28(29)33-30(37)17-35(4)32(23)39/h5-7,10-14,20,28-29H,8-9,15-19H2,1-4H3,(H,33,37)/t28-,29-/m0/s1. The molecule has 0 unspecified atom stereocenters. The molecule has 11 heteroatoms. The van der Waals surface area contributed by atoms with Gasteiger partial charge in [0, 0.05) is 37.8 Å². The van der Waals surface area contributed by atoms with Gasteiger partial charge in [0.15, 0.2) is 0 Å². The molecule has 2 aliphatic heterocycles. The summed E-state index contributed by atoms with van der Waals surface area (Å²) >= 11 is 0. The number of aromatic nitrogens is 1. The van der Waals surface area contributed by atoms with Gasteiger partial charge >= 0.3 is 0 Å². The minimum absolute atomic E-state index is 0.0985. The lowest BCUT2D eigenvalue weighted by Gasteiger charge is -2.39. The van der Waals surface area contributed by atoms with Gasteiger partial charge in [-0.25, -0.2) is 0 Å². The predicted octanol–water partition coefficient (Wildman–Crippen LogP) is 3.74. The zero-order valence-electron chi connectivity index (χ0n) is 25.0. The van der Waals surface area contributed by atoms with E-state index in [4.69, 9.17) is 18.7 Å². The van der Waals surface area contributed by atoms with E-state index in [1.807, 2.05) is 38.1 Å². The second-order valence-corrected chi connectivity index (χ2v) is 11.6. The molecule has 0 radical (unpaired) electrons. The van der Waals surface area contributed by atoms with E-state index in [9.17, 15) is 14.4 Å². The van der Waals surface area contributed by atoms with Gasteiger partial charge in [-0.2, -0.15) is 0 Å². The van der Waals surface area contributed by atoms with Crippen molar-refractivity contribution in [2.75, 3.05) is 33.3 Å². The van der Waals surface area contributed by atoms with Gasteiger partial charge in [-0.3, -0.25) is 14.4 Å². The topological polar surface area (TPSA) is 123 Å². The van der Waals surface area contributed by atoms with Crippen molar-refractivity contribution in [1.82, 2.24) is 20.3 Å². The van der Waals surface area contributed by atoms with Crippen molar-refractivity contribution in [1.29, 1.82) is 0 Å². The number of hydrogen-bond acceptors (Lipinski definition) is 8. The second kappa shape index (κ2) is 13.3. The normalized spacial score (nSPS) is 19.5. The first kappa shape index (κ1) is 30.1. The first-order valence-corrected chi connectivity index (χ1v) is 14.5. The zero-order chi connectivity index (χ0) is 30.5. The number of carbonyl (C=O) groups is 3. The number of nitrogens with zero attached hydrogens (tertiary/aromatic N) is 3. The summed E-state index contributed by atoms with van der Waals surface area (Å²) < 4.78 is 23.7. The molecular formula is C32H38N4O7. The maximum Gasteiger partial charge on any atom is 0.254 e. The highest BCUT2D eigenvalue weighted by Crippen LogP contribution is 2.29. The van der Waals surface area contributed by atoms with E-state index in [-0.39, 0.29) is 43.3 Å². The summed E-state index contributed by atoms with van der Waals surface area (Å²) in [6, 6.07) is 14.0. The number of amides is 3. The van der Waals surface area contributed by atoms with Crippen LogP contribution in [0.15, 0.2) is 53.1 Å². The number of rotatable bonds is 5. The van der Waals surface area contributed by atoms with Gasteiger partial charge in [-0.05, 0) is 49.1 Å². The number of carbonyl (C=O) groups excluding carboxylic acids is 3. The molecule has 43 heavy (non-hydrogen) atoms. The molecule has 2 aliphatic rings. The van der Waals surface area contributed by atoms with Crippen LogP contribution in [0.4, 0.5) is 0 Å². The summed E-state index contributed by atoms with van der Waals surface area (Å²) in [5.41, 5.74) is 1.93. The van der Waals surface area contributed by atoms with Crippen LogP contribution in [-0.4, -0.2) is 78.1 Å². The summed E-state index contributed by atoms with van der Waals surface area (Å²) in [6.07, 6.45) is 0.128. The molecule has 2 atom stereocenters. The maximum atomic E-state index is 13.4. The molecule has 1 N–H and O–H groups in total. The van der Waals surface area contributed by atoms with Crippen LogP contribution in [0.1, 0.15) is 47.6 Å². The minimum atomic E-state index is -0.468. The predicted molar refractivity (Wildman–Crippen MR) is 157 cm³/mol. The Balaban J connectivity index is 1.38. The molecule has 11 nitrogen and oxygen atoms in total. The van der Waals surface area contributed by atoms with Gasteiger partial charge in [0.1, 0.15) is 23.0 Å². The largest absolute Gasteiger partial charge is 0.493 e. The lowest BCUT2D eigenvalue weighted by molar-refractivity contribution is -0.137. The molecule has 5 rings (SSSR count). The average Bonchev–Trinajstić information content (AvgIpc) is 3.38. The molecule has 228 valence electrons. The third kappa shape index (κ3) is 7.92. The smallest absolute Gasteiger partial charge is 0.254 e. The fourth-order valence-electron chi connectivity index (χ4n) is 5.14. The van der Waals surface area contributed by atoms with Crippen LogP contribution in [0.5, 0.6) is 17.2 Å². The number of aryl methyl sites for hydroxylation is 1. The van der Waals surface area contributed by atoms with Crippen molar-refractivity contribution in [3.63, 3.8) is 0 Å². The highest BCUT2D eigenvalue weighted by atomic mass is 16.5. The lowest BCUT2D eigenvalue weighted by Crippen LogP contribution is -2.57. The Kier molecular flexibility index (Phi) is 9.30. The number of ether oxygens (including phenoxy) is 3. The molecule has 1 aromatic heterocycles. The van der Waals surface area contributed by atoms with E-state index in [1.54, 1.807) is 43.1 Å². The van der Waals surface area contributed by atoms with E-state index >= 15 is 0 Å². The number of likely N-dealkylation sites (tertiary alicyclic amines) is 1. The average molecular weight is 591 g/mol. The van der Waals surface area contributed by atoms with Crippen molar-refractivity contribution in [3.05, 3.63) is 71.1 Å². The van der Waals surface area contributed by atoms with Gasteiger partial charge in [0.25, 0.3) is 5.91 Å². The summed E-state index contributed by atoms with van der Waals surface area (Å²) in [4.78, 5) is 42.7. The Morgan fingerprint density at radius 1 is 1.14 bits per heavy atom. The lowest BCUT2D eigenvalue weighted by atomic mass is 10.0. The van der Waals surface area contributed by atoms with Crippen LogP contribution in [0.3, 0.4) is 0 Å². The first-order chi connectivity index (χ1) is 20.6. The van der Waals surface area contributed by atoms with Crippen LogP contribution in [-0.2, 0) is 27.4 Å². The molecule has 1 fully saturated rings. The quantitative estimate of drug-likeness (QED) is 0.477. The monoisotopic (exact) mass is 590 g/mol. The molecule has 0 saturated carbocycles. The number of nitrogens with one attached hydrogen (secondary N) is 1. The van der Waals surface area contributed by atoms with Crippen LogP contribution in [0, 0.1) is 12.8 Å². The Hall–Kier alpha value is -4.38. The van der Waals surface area contributed by atoms with E-state index < -0.39 is 6.10 Å². The van der Waals surface area contributed by atoms with Crippen molar-refractivity contribution in [3.8, 4) is 17.2 Å². The number of piperidine rings is 1. The summed E-state index contributed by atoms with van der Waals surface area (Å²) in [5.74, 6) is 1.57. The van der Waals surface area contributed by atoms with Crippen molar-refractivity contribution in [2.24, 2.45) is 5.92 Å². The number of fused-ring (bicyclic) bond motifs is 5. The molecule has 0 aliphatic carbocycles. The van der Waals surface area contributed by atoms with Crippen molar-refractivity contribution >= 4 is 17.7 Å². The summed E-state index contributed by atoms with van der Waals surface area (Å²) in [5, 5.41) is 6.91. The van der Waals surface area contributed by atoms with Crippen LogP contribution >= 0.6 is 0 Å². The van der Waals surface area contributed by atoms with Gasteiger partial charge in [-0.1, -0.05) is 31.1 Å². The number of benzene rings is 2. The van der Waals surface area contributed by atoms with Crippen molar-refractivity contribution < 1.29 is 33.1 Å². The Bertz CT molecular complexity index is 1470. The van der Waals surface area contributed by atoms with Gasteiger partial charge in [-0.15, -0.1) is 0 Å². The fourth-order valence-corrected chi connectivity index (χ4v) is 5.14. The molecule has 3 heterocycles. The third-order valence-electron chi connectivity index (χ3n) is 7.30. The zero-order valence-corrected chi connectivity index (χ0v) is 25.0. The SMILES string of the molecule is Cc1cc(CC(=O)N2CC[C@@H]3NC(=O)CN(C)C(=O)c4cc(OCC(C)C)cc(c4)Oc4cccc(c4)CO[C@H]3C2)on1. The van der Waals surface area contributed by atoms with E-state index in [0.29, 0.717) is 66.3 Å². The Morgan fingerprint density at radius 3 is 2.74 bits per heavy atom.